The number of aliphatic hydroxyl groups excluding tert-OH is 1. The molecule has 0 fully saturated rings. The Morgan fingerprint density at radius 1 is 1.25 bits per heavy atom. The zero-order valence-electron chi connectivity index (χ0n) is 8.43. The lowest BCUT2D eigenvalue weighted by atomic mass is 9.88. The summed E-state index contributed by atoms with van der Waals surface area (Å²) in [5, 5.41) is 9.03. The fourth-order valence-corrected chi connectivity index (χ4v) is 1.11. The fraction of sp³-hybridized carbons (Fsp3) is 0.636. The summed E-state index contributed by atoms with van der Waals surface area (Å²) in [6.45, 7) is 13.8. The van der Waals surface area contributed by atoms with Crippen molar-refractivity contribution in [3.63, 3.8) is 0 Å². The summed E-state index contributed by atoms with van der Waals surface area (Å²) in [6, 6.07) is 0. The molecule has 0 aromatic heterocycles. The molecular formula is C11H20O. The van der Waals surface area contributed by atoms with Crippen LogP contribution < -0.4 is 0 Å². The molecule has 2 atom stereocenters. The van der Waals surface area contributed by atoms with E-state index >= 15 is 0 Å². The molecule has 0 aliphatic carbocycles. The van der Waals surface area contributed by atoms with E-state index in [9.17, 15) is 0 Å². The Morgan fingerprint density at radius 3 is 2.08 bits per heavy atom. The van der Waals surface area contributed by atoms with Crippen LogP contribution in [0.25, 0.3) is 0 Å². The smallest absolute Gasteiger partial charge is 0.111 e. The average molecular weight is 168 g/mol. The van der Waals surface area contributed by atoms with Crippen molar-refractivity contribution in [3.05, 3.63) is 24.5 Å². The van der Waals surface area contributed by atoms with Crippen LogP contribution in [-0.4, -0.2) is 5.11 Å². The van der Waals surface area contributed by atoms with Crippen LogP contribution in [0.1, 0.15) is 33.6 Å². The Balaban J connectivity index is 3.92. The summed E-state index contributed by atoms with van der Waals surface area (Å²) in [5.41, 5.74) is 0.766. The lowest BCUT2D eigenvalue weighted by Gasteiger charge is -2.18. The van der Waals surface area contributed by atoms with E-state index in [1.807, 2.05) is 0 Å². The van der Waals surface area contributed by atoms with Crippen LogP contribution >= 0.6 is 0 Å². The lowest BCUT2D eigenvalue weighted by Crippen LogP contribution is -2.08. The SMILES string of the molecule is C=C(O)C(=C)C[C@@H](C)[C@H](C)CC. The van der Waals surface area contributed by atoms with Gasteiger partial charge < -0.3 is 5.11 Å². The first kappa shape index (κ1) is 11.3. The van der Waals surface area contributed by atoms with Crippen molar-refractivity contribution in [3.8, 4) is 0 Å². The van der Waals surface area contributed by atoms with E-state index in [1.165, 1.54) is 6.42 Å². The van der Waals surface area contributed by atoms with Crippen LogP contribution in [0.2, 0.25) is 0 Å². The van der Waals surface area contributed by atoms with Crippen molar-refractivity contribution in [2.45, 2.75) is 33.6 Å². The van der Waals surface area contributed by atoms with E-state index in [1.54, 1.807) is 0 Å². The van der Waals surface area contributed by atoms with Gasteiger partial charge in [-0.1, -0.05) is 40.3 Å². The van der Waals surface area contributed by atoms with Gasteiger partial charge in [-0.2, -0.15) is 0 Å². The molecule has 12 heavy (non-hydrogen) atoms. The van der Waals surface area contributed by atoms with Gasteiger partial charge in [-0.25, -0.2) is 0 Å². The second-order valence-electron chi connectivity index (χ2n) is 3.62. The number of hydrogen-bond donors (Lipinski definition) is 1. The quantitative estimate of drug-likeness (QED) is 0.490. The first-order valence-corrected chi connectivity index (χ1v) is 4.55. The molecular weight excluding hydrogens is 148 g/mol. The number of aliphatic hydroxyl groups is 1. The van der Waals surface area contributed by atoms with Crippen LogP contribution in [0.4, 0.5) is 0 Å². The molecule has 0 unspecified atom stereocenters. The van der Waals surface area contributed by atoms with Crippen LogP contribution in [0.15, 0.2) is 24.5 Å². The first-order valence-electron chi connectivity index (χ1n) is 4.55. The van der Waals surface area contributed by atoms with Crippen LogP contribution in [0, 0.1) is 11.8 Å². The number of allylic oxidation sites excluding steroid dienone is 1. The molecule has 70 valence electrons. The van der Waals surface area contributed by atoms with Crippen LogP contribution in [0.5, 0.6) is 0 Å². The van der Waals surface area contributed by atoms with Crippen molar-refractivity contribution >= 4 is 0 Å². The minimum absolute atomic E-state index is 0.130. The maximum Gasteiger partial charge on any atom is 0.111 e. The summed E-state index contributed by atoms with van der Waals surface area (Å²) in [5.74, 6) is 1.39. The summed E-state index contributed by atoms with van der Waals surface area (Å²) < 4.78 is 0. The highest BCUT2D eigenvalue weighted by Gasteiger charge is 2.12. The molecule has 0 saturated carbocycles. The maximum atomic E-state index is 9.03. The zero-order chi connectivity index (χ0) is 9.72. The molecule has 0 spiro atoms. The lowest BCUT2D eigenvalue weighted by molar-refractivity contribution is 0.358. The second-order valence-corrected chi connectivity index (χ2v) is 3.62. The highest BCUT2D eigenvalue weighted by atomic mass is 16.3. The molecule has 1 heteroatoms. The van der Waals surface area contributed by atoms with Gasteiger partial charge in [0, 0.05) is 0 Å². The van der Waals surface area contributed by atoms with Gasteiger partial charge in [0.25, 0.3) is 0 Å². The molecule has 0 rings (SSSR count). The van der Waals surface area contributed by atoms with Crippen molar-refractivity contribution in [1.29, 1.82) is 0 Å². The Bertz CT molecular complexity index is 170. The van der Waals surface area contributed by atoms with Gasteiger partial charge in [-0.05, 0) is 23.8 Å². The molecule has 0 radical (unpaired) electrons. The normalized spacial score (nSPS) is 15.2. The van der Waals surface area contributed by atoms with Crippen molar-refractivity contribution in [2.24, 2.45) is 11.8 Å². The minimum atomic E-state index is 0.130. The minimum Gasteiger partial charge on any atom is -0.508 e. The van der Waals surface area contributed by atoms with E-state index in [2.05, 4.69) is 33.9 Å². The van der Waals surface area contributed by atoms with Gasteiger partial charge in [0.15, 0.2) is 0 Å². The van der Waals surface area contributed by atoms with Crippen molar-refractivity contribution in [1.82, 2.24) is 0 Å². The third-order valence-corrected chi connectivity index (χ3v) is 2.59. The highest BCUT2D eigenvalue weighted by molar-refractivity contribution is 5.18. The average Bonchev–Trinajstić information content (AvgIpc) is 2.02. The third-order valence-electron chi connectivity index (χ3n) is 2.59. The predicted molar refractivity (Wildman–Crippen MR) is 54.1 cm³/mol. The van der Waals surface area contributed by atoms with Crippen LogP contribution in [-0.2, 0) is 0 Å². The Labute approximate surface area is 75.8 Å². The number of rotatable bonds is 5. The van der Waals surface area contributed by atoms with Gasteiger partial charge in [-0.15, -0.1) is 0 Å². The second kappa shape index (κ2) is 5.02. The van der Waals surface area contributed by atoms with E-state index in [0.29, 0.717) is 11.8 Å². The molecule has 0 saturated heterocycles. The molecule has 1 nitrogen and oxygen atoms in total. The Kier molecular flexibility index (Phi) is 4.72. The predicted octanol–water partition coefficient (Wildman–Crippen LogP) is 3.69. The highest BCUT2D eigenvalue weighted by Crippen LogP contribution is 2.23. The molecule has 0 aromatic rings. The first-order chi connectivity index (χ1) is 5.49. The summed E-state index contributed by atoms with van der Waals surface area (Å²) in [6.07, 6.45) is 2.02. The molecule has 0 amide bonds. The largest absolute Gasteiger partial charge is 0.508 e. The van der Waals surface area contributed by atoms with Gasteiger partial charge in [0.2, 0.25) is 0 Å². The Morgan fingerprint density at radius 2 is 1.75 bits per heavy atom. The summed E-state index contributed by atoms with van der Waals surface area (Å²) in [7, 11) is 0. The van der Waals surface area contributed by atoms with Gasteiger partial charge in [-0.3, -0.25) is 0 Å². The van der Waals surface area contributed by atoms with Crippen molar-refractivity contribution < 1.29 is 5.11 Å². The maximum absolute atomic E-state index is 9.03. The Hall–Kier alpha value is -0.720. The standard InChI is InChI=1S/C11H20O/c1-6-8(2)9(3)7-10(4)11(5)12/h8-9,12H,4-7H2,1-3H3/t8-,9-/m1/s1. The third kappa shape index (κ3) is 3.61. The zero-order valence-corrected chi connectivity index (χ0v) is 8.43. The van der Waals surface area contributed by atoms with Crippen LogP contribution in [0.3, 0.4) is 0 Å². The van der Waals surface area contributed by atoms with E-state index < -0.39 is 0 Å². The topological polar surface area (TPSA) is 20.2 Å². The molecule has 0 bridgehead atoms. The molecule has 0 heterocycles. The monoisotopic (exact) mass is 168 g/mol. The van der Waals surface area contributed by atoms with Gasteiger partial charge in [0.05, 0.1) is 0 Å². The van der Waals surface area contributed by atoms with E-state index in [-0.39, 0.29) is 5.76 Å². The van der Waals surface area contributed by atoms with Gasteiger partial charge >= 0.3 is 0 Å². The summed E-state index contributed by atoms with van der Waals surface area (Å²) >= 11 is 0. The van der Waals surface area contributed by atoms with E-state index in [0.717, 1.165) is 12.0 Å². The van der Waals surface area contributed by atoms with Gasteiger partial charge in [0.1, 0.15) is 5.76 Å². The van der Waals surface area contributed by atoms with Crippen molar-refractivity contribution in [2.75, 3.05) is 0 Å². The number of hydrogen-bond acceptors (Lipinski definition) is 1. The molecule has 1 N–H and O–H groups in total. The molecule has 0 aliphatic rings. The molecule has 0 aromatic carbocycles. The molecule has 0 aliphatic heterocycles. The van der Waals surface area contributed by atoms with E-state index in [4.69, 9.17) is 5.11 Å². The fourth-order valence-electron chi connectivity index (χ4n) is 1.11. The summed E-state index contributed by atoms with van der Waals surface area (Å²) in [4.78, 5) is 0.